The summed E-state index contributed by atoms with van der Waals surface area (Å²) in [5.41, 5.74) is 0.0591. The lowest BCUT2D eigenvalue weighted by Crippen LogP contribution is -2.38. The van der Waals surface area contributed by atoms with Crippen molar-refractivity contribution < 1.29 is 19.6 Å². The predicted octanol–water partition coefficient (Wildman–Crippen LogP) is 2.64. The first-order valence-corrected chi connectivity index (χ1v) is 7.85. The Morgan fingerprint density at radius 3 is 2.50 bits per heavy atom. The Labute approximate surface area is 132 Å². The summed E-state index contributed by atoms with van der Waals surface area (Å²) >= 11 is 1.23. The van der Waals surface area contributed by atoms with Gasteiger partial charge in [0.1, 0.15) is 0 Å². The Morgan fingerprint density at radius 1 is 1.41 bits per heavy atom. The number of carbonyl (C=O) groups excluding carboxylic acids is 1. The van der Waals surface area contributed by atoms with Crippen molar-refractivity contribution in [3.05, 3.63) is 33.9 Å². The number of amides is 1. The Balaban J connectivity index is 3.11. The molecular weight excluding hydrogens is 308 g/mol. The Morgan fingerprint density at radius 2 is 2.05 bits per heavy atom. The van der Waals surface area contributed by atoms with Crippen molar-refractivity contribution >= 4 is 29.3 Å². The number of nitro benzene ring substituents is 1. The average molecular weight is 326 g/mol. The van der Waals surface area contributed by atoms with Crippen molar-refractivity contribution in [3.8, 4) is 0 Å². The Kier molecular flexibility index (Phi) is 6.36. The molecule has 0 radical (unpaired) electrons. The second kappa shape index (κ2) is 7.79. The molecule has 1 rings (SSSR count). The standard InChI is InChI=1S/C14H18N2O5S/c1-9(2)15(7-6-13(17)18)14(19)10-4-5-12(22-3)11(8-10)16(20)21/h4-5,8-9H,6-7H2,1-3H3,(H,17,18). The largest absolute Gasteiger partial charge is 0.481 e. The van der Waals surface area contributed by atoms with E-state index in [9.17, 15) is 19.7 Å². The molecule has 0 saturated heterocycles. The van der Waals surface area contributed by atoms with E-state index in [1.165, 1.54) is 34.9 Å². The van der Waals surface area contributed by atoms with Crippen LogP contribution in [0.2, 0.25) is 0 Å². The van der Waals surface area contributed by atoms with E-state index in [1.807, 2.05) is 0 Å². The van der Waals surface area contributed by atoms with Crippen LogP contribution in [0.5, 0.6) is 0 Å². The van der Waals surface area contributed by atoms with Gasteiger partial charge < -0.3 is 10.0 Å². The number of carboxylic acid groups (broad SMARTS) is 1. The van der Waals surface area contributed by atoms with Crippen molar-refractivity contribution in [2.75, 3.05) is 12.8 Å². The second-order valence-electron chi connectivity index (χ2n) is 4.88. The quantitative estimate of drug-likeness (QED) is 0.469. The number of carbonyl (C=O) groups is 2. The molecule has 0 spiro atoms. The first-order valence-electron chi connectivity index (χ1n) is 6.63. The highest BCUT2D eigenvalue weighted by Gasteiger charge is 2.23. The van der Waals surface area contributed by atoms with Crippen LogP contribution in [0.25, 0.3) is 0 Å². The minimum absolute atomic E-state index is 0.0594. The number of rotatable bonds is 7. The van der Waals surface area contributed by atoms with Gasteiger partial charge in [-0.3, -0.25) is 19.7 Å². The molecule has 0 aliphatic rings. The minimum Gasteiger partial charge on any atom is -0.481 e. The summed E-state index contributed by atoms with van der Waals surface area (Å²) in [6, 6.07) is 4.10. The van der Waals surface area contributed by atoms with E-state index in [0.717, 1.165) is 0 Å². The SMILES string of the molecule is CSc1ccc(C(=O)N(CCC(=O)O)C(C)C)cc1[N+](=O)[O-]. The first kappa shape index (κ1) is 18.0. The molecular formula is C14H18N2O5S. The third kappa shape index (κ3) is 4.45. The maximum Gasteiger partial charge on any atom is 0.305 e. The molecule has 1 aromatic rings. The van der Waals surface area contributed by atoms with Crippen molar-refractivity contribution in [2.24, 2.45) is 0 Å². The van der Waals surface area contributed by atoms with Crippen LogP contribution in [0.3, 0.4) is 0 Å². The minimum atomic E-state index is -0.998. The maximum absolute atomic E-state index is 12.5. The molecule has 0 atom stereocenters. The summed E-state index contributed by atoms with van der Waals surface area (Å²) in [6.07, 6.45) is 1.55. The van der Waals surface area contributed by atoms with Crippen LogP contribution in [-0.4, -0.2) is 45.6 Å². The molecule has 0 unspecified atom stereocenters. The molecule has 0 aromatic heterocycles. The number of thioether (sulfide) groups is 1. The highest BCUT2D eigenvalue weighted by Crippen LogP contribution is 2.28. The molecule has 1 amide bonds. The van der Waals surface area contributed by atoms with Crippen molar-refractivity contribution in [2.45, 2.75) is 31.2 Å². The van der Waals surface area contributed by atoms with Crippen molar-refractivity contribution in [1.82, 2.24) is 4.90 Å². The van der Waals surface area contributed by atoms with Crippen LogP contribution in [0.4, 0.5) is 5.69 Å². The zero-order valence-corrected chi connectivity index (χ0v) is 13.4. The summed E-state index contributed by atoms with van der Waals surface area (Å²) in [6.45, 7) is 3.60. The van der Waals surface area contributed by atoms with Gasteiger partial charge in [-0.1, -0.05) is 0 Å². The molecule has 120 valence electrons. The molecule has 0 saturated carbocycles. The molecule has 8 heteroatoms. The second-order valence-corrected chi connectivity index (χ2v) is 5.73. The zero-order chi connectivity index (χ0) is 16.9. The van der Waals surface area contributed by atoms with Crippen LogP contribution in [0, 0.1) is 10.1 Å². The zero-order valence-electron chi connectivity index (χ0n) is 12.6. The first-order chi connectivity index (χ1) is 10.3. The van der Waals surface area contributed by atoms with Crippen LogP contribution >= 0.6 is 11.8 Å². The number of nitro groups is 1. The van der Waals surface area contributed by atoms with Gasteiger partial charge in [0.2, 0.25) is 0 Å². The molecule has 22 heavy (non-hydrogen) atoms. The molecule has 0 heterocycles. The monoisotopic (exact) mass is 326 g/mol. The normalized spacial score (nSPS) is 10.5. The van der Waals surface area contributed by atoms with Gasteiger partial charge in [0.25, 0.3) is 11.6 Å². The summed E-state index contributed by atoms with van der Waals surface area (Å²) in [4.78, 5) is 35.6. The lowest BCUT2D eigenvalue weighted by molar-refractivity contribution is -0.387. The molecule has 0 fully saturated rings. The smallest absolute Gasteiger partial charge is 0.305 e. The van der Waals surface area contributed by atoms with Crippen LogP contribution in [0.15, 0.2) is 23.1 Å². The number of aliphatic carboxylic acids is 1. The van der Waals surface area contributed by atoms with E-state index in [4.69, 9.17) is 5.11 Å². The van der Waals surface area contributed by atoms with Gasteiger partial charge in [-0.25, -0.2) is 0 Å². The number of nitrogens with zero attached hydrogens (tertiary/aromatic N) is 2. The fourth-order valence-corrected chi connectivity index (χ4v) is 2.49. The van der Waals surface area contributed by atoms with Crippen molar-refractivity contribution in [3.63, 3.8) is 0 Å². The van der Waals surface area contributed by atoms with Crippen LogP contribution < -0.4 is 0 Å². The number of hydrogen-bond acceptors (Lipinski definition) is 5. The van der Waals surface area contributed by atoms with Gasteiger partial charge in [0.15, 0.2) is 0 Å². The van der Waals surface area contributed by atoms with Gasteiger partial charge >= 0.3 is 5.97 Å². The van der Waals surface area contributed by atoms with Crippen LogP contribution in [0.1, 0.15) is 30.6 Å². The molecule has 0 aliphatic heterocycles. The van der Waals surface area contributed by atoms with E-state index in [1.54, 1.807) is 20.1 Å². The average Bonchev–Trinajstić information content (AvgIpc) is 2.45. The highest BCUT2D eigenvalue weighted by molar-refractivity contribution is 7.98. The fourth-order valence-electron chi connectivity index (χ4n) is 1.94. The predicted molar refractivity (Wildman–Crippen MR) is 83.3 cm³/mol. The molecule has 7 nitrogen and oxygen atoms in total. The van der Waals surface area contributed by atoms with Gasteiger partial charge in [0.05, 0.1) is 16.2 Å². The van der Waals surface area contributed by atoms with Gasteiger partial charge in [-0.05, 0) is 32.2 Å². The number of benzene rings is 1. The Hall–Kier alpha value is -2.09. The van der Waals surface area contributed by atoms with E-state index < -0.39 is 16.8 Å². The summed E-state index contributed by atoms with van der Waals surface area (Å²) in [5.74, 6) is -1.41. The third-order valence-electron chi connectivity index (χ3n) is 3.07. The van der Waals surface area contributed by atoms with Gasteiger partial charge in [-0.15, -0.1) is 11.8 Å². The van der Waals surface area contributed by atoms with Gasteiger partial charge in [0, 0.05) is 24.2 Å². The van der Waals surface area contributed by atoms with Crippen LogP contribution in [-0.2, 0) is 4.79 Å². The topological polar surface area (TPSA) is 101 Å². The summed E-state index contributed by atoms with van der Waals surface area (Å²) in [5, 5.41) is 19.8. The third-order valence-corrected chi connectivity index (χ3v) is 3.86. The number of carboxylic acids is 1. The van der Waals surface area contributed by atoms with Gasteiger partial charge in [-0.2, -0.15) is 0 Å². The van der Waals surface area contributed by atoms with E-state index in [0.29, 0.717) is 4.90 Å². The number of hydrogen-bond donors (Lipinski definition) is 1. The molecule has 1 N–H and O–H groups in total. The lowest BCUT2D eigenvalue weighted by atomic mass is 10.1. The van der Waals surface area contributed by atoms with E-state index >= 15 is 0 Å². The maximum atomic E-state index is 12.5. The van der Waals surface area contributed by atoms with E-state index in [-0.39, 0.29) is 30.3 Å². The summed E-state index contributed by atoms with van der Waals surface area (Å²) < 4.78 is 0. The lowest BCUT2D eigenvalue weighted by Gasteiger charge is -2.26. The molecule has 0 bridgehead atoms. The van der Waals surface area contributed by atoms with E-state index in [2.05, 4.69) is 0 Å². The fraction of sp³-hybridized carbons (Fsp3) is 0.429. The molecule has 1 aromatic carbocycles. The molecule has 0 aliphatic carbocycles. The van der Waals surface area contributed by atoms with Crippen molar-refractivity contribution in [1.29, 1.82) is 0 Å². The Bertz CT molecular complexity index is 589. The summed E-state index contributed by atoms with van der Waals surface area (Å²) in [7, 11) is 0. The highest BCUT2D eigenvalue weighted by atomic mass is 32.2.